The maximum Gasteiger partial charge on any atom is 0.226 e. The standard InChI is InChI=1S/C22H34O3S/c1-2-3-4-5-6-7-8-9-10-11-12-13-14-15-16-17-19(23)21-20(24)18-26-22(21)25/h6-7,9-10,24H,2-5,8,11-18H2,1H3. The van der Waals surface area contributed by atoms with Crippen LogP contribution in [0.5, 0.6) is 0 Å². The predicted octanol–water partition coefficient (Wildman–Crippen LogP) is 6.45. The molecular formula is C22H34O3S. The highest BCUT2D eigenvalue weighted by atomic mass is 32.2. The van der Waals surface area contributed by atoms with Gasteiger partial charge in [0.1, 0.15) is 11.3 Å². The van der Waals surface area contributed by atoms with Crippen molar-refractivity contribution in [1.82, 2.24) is 0 Å². The van der Waals surface area contributed by atoms with Gasteiger partial charge in [0.05, 0.1) is 5.75 Å². The van der Waals surface area contributed by atoms with Gasteiger partial charge in [0.2, 0.25) is 5.12 Å². The number of Topliss-reactive ketones (excluding diaryl/α,β-unsaturated/α-hetero) is 1. The van der Waals surface area contributed by atoms with Crippen LogP contribution in [0.1, 0.15) is 84.0 Å². The average molecular weight is 379 g/mol. The lowest BCUT2D eigenvalue weighted by atomic mass is 10.0. The molecule has 3 nitrogen and oxygen atoms in total. The smallest absolute Gasteiger partial charge is 0.226 e. The van der Waals surface area contributed by atoms with Gasteiger partial charge in [-0.05, 0) is 38.5 Å². The number of carbonyl (C=O) groups excluding carboxylic acids is 2. The van der Waals surface area contributed by atoms with Gasteiger partial charge in [0, 0.05) is 6.42 Å². The molecule has 26 heavy (non-hydrogen) atoms. The number of hydrogen-bond donors (Lipinski definition) is 1. The predicted molar refractivity (Wildman–Crippen MR) is 111 cm³/mol. The summed E-state index contributed by atoms with van der Waals surface area (Å²) in [4.78, 5) is 23.4. The van der Waals surface area contributed by atoms with Gasteiger partial charge in [-0.2, -0.15) is 0 Å². The highest BCUT2D eigenvalue weighted by molar-refractivity contribution is 8.14. The fraction of sp³-hybridized carbons (Fsp3) is 0.636. The van der Waals surface area contributed by atoms with Crippen molar-refractivity contribution in [3.8, 4) is 0 Å². The number of aliphatic hydroxyl groups excluding tert-OH is 1. The first kappa shape index (κ1) is 22.8. The molecule has 0 bridgehead atoms. The summed E-state index contributed by atoms with van der Waals surface area (Å²) >= 11 is 1.01. The third kappa shape index (κ3) is 10.0. The van der Waals surface area contributed by atoms with Crippen LogP contribution in [0.2, 0.25) is 0 Å². The van der Waals surface area contributed by atoms with Gasteiger partial charge in [-0.1, -0.05) is 75.1 Å². The third-order valence-corrected chi connectivity index (χ3v) is 5.35. The number of allylic oxidation sites excluding steroid dienone is 4. The number of carbonyl (C=O) groups is 2. The Labute approximate surface area is 163 Å². The number of rotatable bonds is 15. The summed E-state index contributed by atoms with van der Waals surface area (Å²) in [5, 5.41) is 9.29. The Morgan fingerprint density at radius 3 is 2.19 bits per heavy atom. The zero-order valence-electron chi connectivity index (χ0n) is 16.2. The maximum absolute atomic E-state index is 11.9. The minimum atomic E-state index is -0.268. The van der Waals surface area contributed by atoms with Crippen LogP contribution in [0.15, 0.2) is 35.6 Å². The molecule has 1 aliphatic rings. The SMILES string of the molecule is CCCCCC=CCC=CCCCCCCCC(=O)C1=C(O)CSC1=O. The van der Waals surface area contributed by atoms with Gasteiger partial charge in [-0.15, -0.1) is 0 Å². The molecule has 1 rings (SSSR count). The molecule has 0 aliphatic carbocycles. The monoisotopic (exact) mass is 378 g/mol. The molecule has 0 unspecified atom stereocenters. The van der Waals surface area contributed by atoms with Crippen LogP contribution < -0.4 is 0 Å². The molecule has 0 amide bonds. The second kappa shape index (κ2) is 14.8. The maximum atomic E-state index is 11.9. The molecule has 1 heterocycles. The van der Waals surface area contributed by atoms with Crippen LogP contribution >= 0.6 is 11.8 Å². The van der Waals surface area contributed by atoms with E-state index < -0.39 is 0 Å². The largest absolute Gasteiger partial charge is 0.510 e. The molecule has 4 heteroatoms. The van der Waals surface area contributed by atoms with Gasteiger partial charge in [-0.3, -0.25) is 9.59 Å². The van der Waals surface area contributed by atoms with Crippen molar-refractivity contribution < 1.29 is 14.7 Å². The van der Waals surface area contributed by atoms with E-state index in [4.69, 9.17) is 0 Å². The molecule has 0 saturated heterocycles. The van der Waals surface area contributed by atoms with E-state index in [-0.39, 0.29) is 28.0 Å². The summed E-state index contributed by atoms with van der Waals surface area (Å²) in [6, 6.07) is 0. The summed E-state index contributed by atoms with van der Waals surface area (Å²) in [5.41, 5.74) is 0.0413. The highest BCUT2D eigenvalue weighted by Gasteiger charge is 2.28. The lowest BCUT2D eigenvalue weighted by Crippen LogP contribution is -2.08. The Morgan fingerprint density at radius 2 is 1.58 bits per heavy atom. The van der Waals surface area contributed by atoms with E-state index in [0.29, 0.717) is 6.42 Å². The Kier molecular flexibility index (Phi) is 13.0. The van der Waals surface area contributed by atoms with Crippen molar-refractivity contribution in [2.24, 2.45) is 0 Å². The quantitative estimate of drug-likeness (QED) is 0.202. The van der Waals surface area contributed by atoms with E-state index in [1.54, 1.807) is 0 Å². The fourth-order valence-electron chi connectivity index (χ4n) is 2.89. The molecule has 0 radical (unpaired) electrons. The van der Waals surface area contributed by atoms with Gasteiger partial charge in [0.15, 0.2) is 5.78 Å². The zero-order valence-corrected chi connectivity index (χ0v) is 17.0. The normalized spacial score (nSPS) is 15.0. The third-order valence-electron chi connectivity index (χ3n) is 4.47. The molecule has 0 saturated carbocycles. The first-order valence-corrected chi connectivity index (χ1v) is 11.1. The van der Waals surface area contributed by atoms with Crippen molar-refractivity contribution in [3.05, 3.63) is 35.6 Å². The number of unbranched alkanes of at least 4 members (excludes halogenated alkanes) is 8. The number of aliphatic hydroxyl groups is 1. The van der Waals surface area contributed by atoms with E-state index in [2.05, 4.69) is 31.2 Å². The molecule has 0 aromatic heterocycles. The van der Waals surface area contributed by atoms with Gasteiger partial charge in [0.25, 0.3) is 0 Å². The Balaban J connectivity index is 1.93. The van der Waals surface area contributed by atoms with Crippen molar-refractivity contribution in [2.75, 3.05) is 5.75 Å². The van der Waals surface area contributed by atoms with Crippen molar-refractivity contribution in [1.29, 1.82) is 0 Å². The van der Waals surface area contributed by atoms with Crippen LogP contribution in [-0.2, 0) is 9.59 Å². The summed E-state index contributed by atoms with van der Waals surface area (Å²) in [5.74, 6) is 0.0259. The Morgan fingerprint density at radius 1 is 0.962 bits per heavy atom. The van der Waals surface area contributed by atoms with Crippen LogP contribution in [0.25, 0.3) is 0 Å². The summed E-state index contributed by atoms with van der Waals surface area (Å²) in [6.45, 7) is 2.23. The number of hydrogen-bond acceptors (Lipinski definition) is 4. The van der Waals surface area contributed by atoms with Gasteiger partial charge >= 0.3 is 0 Å². The highest BCUT2D eigenvalue weighted by Crippen LogP contribution is 2.26. The summed E-state index contributed by atoms with van der Waals surface area (Å²) < 4.78 is 0. The fourth-order valence-corrected chi connectivity index (χ4v) is 3.68. The van der Waals surface area contributed by atoms with Crippen LogP contribution in [0.4, 0.5) is 0 Å². The van der Waals surface area contributed by atoms with E-state index in [1.165, 1.54) is 38.5 Å². The van der Waals surface area contributed by atoms with E-state index in [0.717, 1.165) is 43.9 Å². The molecule has 1 N–H and O–H groups in total. The Hall–Kier alpha value is -1.29. The molecule has 0 fully saturated rings. The second-order valence-corrected chi connectivity index (χ2v) is 7.75. The average Bonchev–Trinajstić information content (AvgIpc) is 2.96. The van der Waals surface area contributed by atoms with Gasteiger partial charge < -0.3 is 5.11 Å². The van der Waals surface area contributed by atoms with Crippen molar-refractivity contribution in [3.63, 3.8) is 0 Å². The summed E-state index contributed by atoms with van der Waals surface area (Å²) in [7, 11) is 0. The first-order chi connectivity index (χ1) is 12.7. The summed E-state index contributed by atoms with van der Waals surface area (Å²) in [6.07, 6.45) is 22.0. The van der Waals surface area contributed by atoms with Crippen LogP contribution in [0, 0.1) is 0 Å². The Bertz CT molecular complexity index is 517. The molecule has 0 atom stereocenters. The second-order valence-electron chi connectivity index (χ2n) is 6.80. The molecule has 0 aromatic carbocycles. The molecule has 0 spiro atoms. The molecule has 146 valence electrons. The topological polar surface area (TPSA) is 54.4 Å². The lowest BCUT2D eigenvalue weighted by Gasteiger charge is -2.02. The van der Waals surface area contributed by atoms with E-state index in [1.807, 2.05) is 0 Å². The first-order valence-electron chi connectivity index (χ1n) is 10.1. The minimum Gasteiger partial charge on any atom is -0.510 e. The van der Waals surface area contributed by atoms with E-state index >= 15 is 0 Å². The van der Waals surface area contributed by atoms with Crippen LogP contribution in [0.3, 0.4) is 0 Å². The van der Waals surface area contributed by atoms with E-state index in [9.17, 15) is 14.7 Å². The molecule has 1 aliphatic heterocycles. The van der Waals surface area contributed by atoms with Crippen molar-refractivity contribution in [2.45, 2.75) is 84.0 Å². The van der Waals surface area contributed by atoms with Gasteiger partial charge in [-0.25, -0.2) is 0 Å². The zero-order chi connectivity index (χ0) is 19.0. The number of thioether (sulfide) groups is 1. The lowest BCUT2D eigenvalue weighted by molar-refractivity contribution is -0.118. The molecular weight excluding hydrogens is 344 g/mol. The minimum absolute atomic E-state index is 0.0346. The van der Waals surface area contributed by atoms with Crippen molar-refractivity contribution >= 4 is 22.7 Å². The van der Waals surface area contributed by atoms with Crippen LogP contribution in [-0.4, -0.2) is 21.8 Å². The number of ketones is 1. The molecule has 0 aromatic rings.